The van der Waals surface area contributed by atoms with E-state index in [2.05, 4.69) is 36.5 Å². The van der Waals surface area contributed by atoms with Crippen molar-refractivity contribution in [1.82, 2.24) is 5.32 Å². The number of carbonyl (C=O) groups is 1. The van der Waals surface area contributed by atoms with Gasteiger partial charge in [0.1, 0.15) is 6.54 Å². The summed E-state index contributed by atoms with van der Waals surface area (Å²) < 4.78 is 28.4. The molecule has 5 nitrogen and oxygen atoms in total. The van der Waals surface area contributed by atoms with Crippen LogP contribution in [0.5, 0.6) is 0 Å². The average Bonchev–Trinajstić information content (AvgIpc) is 2.88. The van der Waals surface area contributed by atoms with E-state index in [-0.39, 0.29) is 23.3 Å². The molecule has 0 fully saturated rings. The van der Waals surface area contributed by atoms with E-state index < -0.39 is 10.0 Å². The lowest BCUT2D eigenvalue weighted by atomic mass is 9.96. The van der Waals surface area contributed by atoms with Gasteiger partial charge >= 0.3 is 0 Å². The molecule has 0 aliphatic heterocycles. The van der Waals surface area contributed by atoms with Gasteiger partial charge in [-0.25, -0.2) is 8.42 Å². The maximum atomic E-state index is 13.6. The lowest BCUT2D eigenvalue weighted by molar-refractivity contribution is -0.119. The Morgan fingerprint density at radius 3 is 2.41 bits per heavy atom. The number of carbonyl (C=O) groups excluding carboxylic acids is 1. The Kier molecular flexibility index (Phi) is 8.20. The molecule has 0 bridgehead atoms. The Bertz CT molecular complexity index is 1510. The topological polar surface area (TPSA) is 66.5 Å². The SMILES string of the molecule is Cc1ccc(S(=O)(=O)N(CC(=O)NCC(C)Cc2cccc3ccccc23)c2cc(Cl)ccc2C)cc1. The molecule has 0 saturated heterocycles. The van der Waals surface area contributed by atoms with Gasteiger partial charge in [-0.3, -0.25) is 9.10 Å². The fraction of sp³-hybridized carbons (Fsp3) is 0.233. The third kappa shape index (κ3) is 6.32. The van der Waals surface area contributed by atoms with Crippen LogP contribution in [0.3, 0.4) is 0 Å². The van der Waals surface area contributed by atoms with Crippen molar-refractivity contribution in [3.05, 3.63) is 107 Å². The second-order valence-electron chi connectivity index (χ2n) is 9.51. The summed E-state index contributed by atoms with van der Waals surface area (Å²) in [6.45, 7) is 5.84. The molecule has 192 valence electrons. The van der Waals surface area contributed by atoms with Crippen molar-refractivity contribution in [2.75, 3.05) is 17.4 Å². The van der Waals surface area contributed by atoms with Crippen LogP contribution < -0.4 is 9.62 Å². The average molecular weight is 535 g/mol. The number of rotatable bonds is 9. The minimum Gasteiger partial charge on any atom is -0.354 e. The van der Waals surface area contributed by atoms with Gasteiger partial charge in [0.05, 0.1) is 10.6 Å². The zero-order valence-corrected chi connectivity index (χ0v) is 22.8. The predicted octanol–water partition coefficient (Wildman–Crippen LogP) is 6.30. The van der Waals surface area contributed by atoms with Crippen molar-refractivity contribution in [2.24, 2.45) is 5.92 Å². The van der Waals surface area contributed by atoms with E-state index in [4.69, 9.17) is 11.6 Å². The highest BCUT2D eigenvalue weighted by molar-refractivity contribution is 7.92. The second kappa shape index (κ2) is 11.4. The number of benzene rings is 4. The number of amides is 1. The maximum Gasteiger partial charge on any atom is 0.264 e. The molecule has 1 atom stereocenters. The molecule has 0 aromatic heterocycles. The van der Waals surface area contributed by atoms with Crippen molar-refractivity contribution in [3.63, 3.8) is 0 Å². The lowest BCUT2D eigenvalue weighted by Gasteiger charge is -2.26. The van der Waals surface area contributed by atoms with E-state index in [0.717, 1.165) is 16.3 Å². The number of hydrogen-bond acceptors (Lipinski definition) is 3. The van der Waals surface area contributed by atoms with E-state index >= 15 is 0 Å². The minimum absolute atomic E-state index is 0.120. The summed E-state index contributed by atoms with van der Waals surface area (Å²) in [6, 6.07) is 26.1. The van der Waals surface area contributed by atoms with Crippen LogP contribution >= 0.6 is 11.6 Å². The van der Waals surface area contributed by atoms with Crippen LogP contribution in [0.4, 0.5) is 5.69 Å². The summed E-state index contributed by atoms with van der Waals surface area (Å²) >= 11 is 6.21. The molecule has 1 amide bonds. The largest absolute Gasteiger partial charge is 0.354 e. The molecule has 1 unspecified atom stereocenters. The van der Waals surface area contributed by atoms with Crippen molar-refractivity contribution < 1.29 is 13.2 Å². The minimum atomic E-state index is -4.00. The molecule has 0 heterocycles. The normalized spacial score (nSPS) is 12.3. The summed E-state index contributed by atoms with van der Waals surface area (Å²) in [6.07, 6.45) is 0.792. The molecule has 4 aromatic rings. The van der Waals surface area contributed by atoms with Crippen molar-refractivity contribution in [2.45, 2.75) is 32.1 Å². The third-order valence-electron chi connectivity index (χ3n) is 6.43. The van der Waals surface area contributed by atoms with Gasteiger partial charge in [-0.2, -0.15) is 0 Å². The lowest BCUT2D eigenvalue weighted by Crippen LogP contribution is -2.42. The number of aryl methyl sites for hydroxylation is 2. The van der Waals surface area contributed by atoms with Gasteiger partial charge in [0.15, 0.2) is 0 Å². The molecule has 0 radical (unpaired) electrons. The highest BCUT2D eigenvalue weighted by Crippen LogP contribution is 2.29. The zero-order valence-electron chi connectivity index (χ0n) is 21.2. The number of nitrogens with zero attached hydrogens (tertiary/aromatic N) is 1. The quantitative estimate of drug-likeness (QED) is 0.274. The number of anilines is 1. The Morgan fingerprint density at radius 1 is 0.946 bits per heavy atom. The van der Waals surface area contributed by atoms with E-state index in [1.54, 1.807) is 49.4 Å². The van der Waals surface area contributed by atoms with Crippen LogP contribution in [-0.4, -0.2) is 27.4 Å². The maximum absolute atomic E-state index is 13.6. The molecule has 0 spiro atoms. The highest BCUT2D eigenvalue weighted by atomic mass is 35.5. The van der Waals surface area contributed by atoms with Gasteiger partial charge in [-0.15, -0.1) is 0 Å². The summed E-state index contributed by atoms with van der Waals surface area (Å²) in [4.78, 5) is 13.2. The first-order valence-corrected chi connectivity index (χ1v) is 14.1. The standard InChI is InChI=1S/C30H31ClN2O3S/c1-21-11-15-27(16-12-21)37(35,36)33(29-18-26(31)14-13-23(29)3)20-30(34)32-19-22(2)17-25-9-6-8-24-7-4-5-10-28(24)25/h4-16,18,22H,17,19-20H2,1-3H3,(H,32,34). The van der Waals surface area contributed by atoms with Crippen LogP contribution in [0, 0.1) is 19.8 Å². The molecule has 0 aliphatic carbocycles. The van der Waals surface area contributed by atoms with Gasteiger partial charge < -0.3 is 5.32 Å². The number of hydrogen-bond donors (Lipinski definition) is 1. The zero-order chi connectivity index (χ0) is 26.6. The second-order valence-corrected chi connectivity index (χ2v) is 11.8. The molecule has 4 rings (SSSR count). The van der Waals surface area contributed by atoms with E-state index in [0.29, 0.717) is 22.8 Å². The summed E-state index contributed by atoms with van der Waals surface area (Å²) in [5.41, 5.74) is 3.25. The van der Waals surface area contributed by atoms with Crippen LogP contribution in [0.15, 0.2) is 89.8 Å². The molecule has 7 heteroatoms. The predicted molar refractivity (Wildman–Crippen MR) is 152 cm³/mol. The van der Waals surface area contributed by atoms with Gasteiger partial charge in [-0.05, 0) is 72.4 Å². The Morgan fingerprint density at radius 2 is 1.65 bits per heavy atom. The molecule has 0 saturated carbocycles. The molecule has 0 aliphatic rings. The van der Waals surface area contributed by atoms with Gasteiger partial charge in [0.2, 0.25) is 5.91 Å². The first-order chi connectivity index (χ1) is 17.6. The Balaban J connectivity index is 1.51. The number of halogens is 1. The van der Waals surface area contributed by atoms with Crippen LogP contribution in [0.2, 0.25) is 5.02 Å². The summed E-state index contributed by atoms with van der Waals surface area (Å²) in [5, 5.41) is 5.73. The van der Waals surface area contributed by atoms with Crippen LogP contribution in [0.25, 0.3) is 10.8 Å². The smallest absolute Gasteiger partial charge is 0.264 e. The van der Waals surface area contributed by atoms with Gasteiger partial charge in [0.25, 0.3) is 10.0 Å². The number of fused-ring (bicyclic) bond motifs is 1. The van der Waals surface area contributed by atoms with Gasteiger partial charge in [0, 0.05) is 11.6 Å². The van der Waals surface area contributed by atoms with Crippen molar-refractivity contribution in [3.8, 4) is 0 Å². The molecule has 1 N–H and O–H groups in total. The molecular formula is C30H31ClN2O3S. The molecule has 4 aromatic carbocycles. The van der Waals surface area contributed by atoms with E-state index in [1.807, 2.05) is 25.1 Å². The van der Waals surface area contributed by atoms with E-state index in [1.165, 1.54) is 16.3 Å². The fourth-order valence-corrected chi connectivity index (χ4v) is 6.02. The Labute approximate surface area is 224 Å². The van der Waals surface area contributed by atoms with Crippen LogP contribution in [0.1, 0.15) is 23.6 Å². The van der Waals surface area contributed by atoms with Crippen molar-refractivity contribution >= 4 is 44.0 Å². The first kappa shape index (κ1) is 26.7. The number of sulfonamides is 1. The molecular weight excluding hydrogens is 504 g/mol. The number of nitrogens with one attached hydrogen (secondary N) is 1. The molecule has 37 heavy (non-hydrogen) atoms. The van der Waals surface area contributed by atoms with Gasteiger partial charge in [-0.1, -0.05) is 84.8 Å². The summed E-state index contributed by atoms with van der Waals surface area (Å²) in [7, 11) is -4.00. The first-order valence-electron chi connectivity index (χ1n) is 12.2. The highest BCUT2D eigenvalue weighted by Gasteiger charge is 2.28. The summed E-state index contributed by atoms with van der Waals surface area (Å²) in [5.74, 6) is -0.218. The van der Waals surface area contributed by atoms with E-state index in [9.17, 15) is 13.2 Å². The monoisotopic (exact) mass is 534 g/mol. The van der Waals surface area contributed by atoms with Crippen LogP contribution in [-0.2, 0) is 21.2 Å². The fourth-order valence-electron chi connectivity index (χ4n) is 4.38. The van der Waals surface area contributed by atoms with Crippen molar-refractivity contribution in [1.29, 1.82) is 0 Å². The third-order valence-corrected chi connectivity index (χ3v) is 8.44. The Hall–Kier alpha value is -3.35.